The van der Waals surface area contributed by atoms with Gasteiger partial charge in [0, 0.05) is 19.2 Å². The fourth-order valence-electron chi connectivity index (χ4n) is 2.14. The van der Waals surface area contributed by atoms with E-state index in [-0.39, 0.29) is 6.42 Å². The number of anilines is 1. The van der Waals surface area contributed by atoms with Gasteiger partial charge in [0.2, 0.25) is 0 Å². The molecule has 0 radical (unpaired) electrons. The predicted octanol–water partition coefficient (Wildman–Crippen LogP) is 3.37. The summed E-state index contributed by atoms with van der Waals surface area (Å²) in [4.78, 5) is 14.8. The van der Waals surface area contributed by atoms with Crippen LogP contribution in [-0.4, -0.2) is 29.2 Å². The number of carboxylic acids is 1. The molecule has 1 aromatic carbocycles. The topological polar surface area (TPSA) is 71.5 Å². The van der Waals surface area contributed by atoms with Gasteiger partial charge in [0.1, 0.15) is 11.6 Å². The number of ether oxygens (including phenoxy) is 1. The molecule has 0 fully saturated rings. The Balaban J connectivity index is 1.62. The second-order valence-corrected chi connectivity index (χ2v) is 5.24. The molecule has 0 bridgehead atoms. The summed E-state index contributed by atoms with van der Waals surface area (Å²) >= 11 is 0. The van der Waals surface area contributed by atoms with E-state index < -0.39 is 5.97 Å². The van der Waals surface area contributed by atoms with E-state index in [0.717, 1.165) is 36.5 Å². The Labute approximate surface area is 136 Å². The van der Waals surface area contributed by atoms with Crippen LogP contribution in [0.4, 0.5) is 5.82 Å². The molecule has 5 nitrogen and oxygen atoms in total. The number of aryl methyl sites for hydroxylation is 1. The molecule has 122 valence electrons. The zero-order valence-electron chi connectivity index (χ0n) is 13.1. The van der Waals surface area contributed by atoms with Gasteiger partial charge < -0.3 is 15.2 Å². The van der Waals surface area contributed by atoms with Crippen LogP contribution in [0.15, 0.2) is 48.7 Å². The van der Waals surface area contributed by atoms with E-state index >= 15 is 0 Å². The number of hydrogen-bond donors (Lipinski definition) is 2. The van der Waals surface area contributed by atoms with E-state index in [1.165, 1.54) is 0 Å². The second-order valence-electron chi connectivity index (χ2n) is 5.24. The van der Waals surface area contributed by atoms with E-state index in [4.69, 9.17) is 9.84 Å². The van der Waals surface area contributed by atoms with Gasteiger partial charge in [-0.25, -0.2) is 4.98 Å². The number of unbranched alkanes of at least 4 members (excludes halogenated alkanes) is 1. The summed E-state index contributed by atoms with van der Waals surface area (Å²) in [6.45, 7) is 1.51. The van der Waals surface area contributed by atoms with E-state index in [2.05, 4.69) is 10.3 Å². The number of carboxylic acid groups (broad SMARTS) is 1. The maximum Gasteiger partial charge on any atom is 0.303 e. The number of nitrogens with zero attached hydrogens (tertiary/aromatic N) is 1. The molecular weight excluding hydrogens is 292 g/mol. The van der Waals surface area contributed by atoms with Gasteiger partial charge in [0.25, 0.3) is 0 Å². The van der Waals surface area contributed by atoms with Crippen LogP contribution in [0.1, 0.15) is 24.8 Å². The minimum Gasteiger partial charge on any atom is -0.494 e. The summed E-state index contributed by atoms with van der Waals surface area (Å²) in [5.74, 6) is 0.904. The van der Waals surface area contributed by atoms with Gasteiger partial charge >= 0.3 is 5.97 Å². The number of aromatic nitrogens is 1. The summed E-state index contributed by atoms with van der Waals surface area (Å²) < 4.78 is 5.71. The lowest BCUT2D eigenvalue weighted by atomic mass is 10.1. The maximum atomic E-state index is 10.6. The third-order valence-electron chi connectivity index (χ3n) is 3.34. The number of aliphatic carboxylic acids is 1. The van der Waals surface area contributed by atoms with Crippen molar-refractivity contribution in [1.29, 1.82) is 0 Å². The third kappa shape index (κ3) is 6.82. The van der Waals surface area contributed by atoms with Crippen molar-refractivity contribution in [2.24, 2.45) is 0 Å². The van der Waals surface area contributed by atoms with E-state index in [0.29, 0.717) is 13.0 Å². The quantitative estimate of drug-likeness (QED) is 0.658. The van der Waals surface area contributed by atoms with E-state index in [1.54, 1.807) is 6.20 Å². The van der Waals surface area contributed by atoms with Gasteiger partial charge in [-0.2, -0.15) is 0 Å². The van der Waals surface area contributed by atoms with Crippen LogP contribution in [0.3, 0.4) is 0 Å². The van der Waals surface area contributed by atoms with Crippen molar-refractivity contribution in [3.8, 4) is 5.75 Å². The first-order chi connectivity index (χ1) is 11.2. The van der Waals surface area contributed by atoms with Crippen LogP contribution in [0.2, 0.25) is 0 Å². The average Bonchev–Trinajstić information content (AvgIpc) is 2.57. The zero-order valence-corrected chi connectivity index (χ0v) is 13.1. The van der Waals surface area contributed by atoms with Gasteiger partial charge in [-0.3, -0.25) is 4.79 Å². The molecule has 0 saturated heterocycles. The highest BCUT2D eigenvalue weighted by molar-refractivity contribution is 5.67. The summed E-state index contributed by atoms with van der Waals surface area (Å²) in [5, 5.41) is 12.0. The lowest BCUT2D eigenvalue weighted by Gasteiger charge is -2.08. The molecule has 0 aliphatic carbocycles. The number of nitrogens with one attached hydrogen (secondary N) is 1. The molecule has 0 amide bonds. The summed E-state index contributed by atoms with van der Waals surface area (Å²) in [6.07, 6.45) is 4.38. The lowest BCUT2D eigenvalue weighted by molar-refractivity contribution is -0.136. The molecule has 0 aliphatic heterocycles. The number of pyridine rings is 1. The van der Waals surface area contributed by atoms with Gasteiger partial charge in [-0.15, -0.1) is 0 Å². The highest BCUT2D eigenvalue weighted by Crippen LogP contribution is 2.15. The van der Waals surface area contributed by atoms with Crippen molar-refractivity contribution in [3.05, 3.63) is 54.2 Å². The first kappa shape index (κ1) is 16.8. The van der Waals surface area contributed by atoms with Crippen molar-refractivity contribution < 1.29 is 14.6 Å². The number of hydrogen-bond acceptors (Lipinski definition) is 4. The second kappa shape index (κ2) is 9.46. The molecule has 1 heterocycles. The standard InChI is InChI=1S/C18H22N2O3/c21-18(22)10-9-15-6-5-7-16(14-15)23-13-4-3-12-20-17-8-1-2-11-19-17/h1-2,5-8,11,14H,3-4,9-10,12-13H2,(H,19,20)(H,21,22). The number of rotatable bonds is 10. The molecule has 2 N–H and O–H groups in total. The fraction of sp³-hybridized carbons (Fsp3) is 0.333. The SMILES string of the molecule is O=C(O)CCc1cccc(OCCCCNc2ccccn2)c1. The van der Waals surface area contributed by atoms with Crippen LogP contribution >= 0.6 is 0 Å². The third-order valence-corrected chi connectivity index (χ3v) is 3.34. The molecule has 0 saturated carbocycles. The summed E-state index contributed by atoms with van der Waals surface area (Å²) in [5.41, 5.74) is 0.988. The molecule has 23 heavy (non-hydrogen) atoms. The highest BCUT2D eigenvalue weighted by atomic mass is 16.5. The lowest BCUT2D eigenvalue weighted by Crippen LogP contribution is -2.05. The van der Waals surface area contributed by atoms with Crippen LogP contribution in [-0.2, 0) is 11.2 Å². The molecule has 0 aliphatic rings. The Bertz CT molecular complexity index is 602. The summed E-state index contributed by atoms with van der Waals surface area (Å²) in [7, 11) is 0. The van der Waals surface area contributed by atoms with Crippen molar-refractivity contribution in [1.82, 2.24) is 4.98 Å². The average molecular weight is 314 g/mol. The Morgan fingerprint density at radius 2 is 2.09 bits per heavy atom. The van der Waals surface area contributed by atoms with E-state index in [9.17, 15) is 4.79 Å². The van der Waals surface area contributed by atoms with Crippen molar-refractivity contribution in [2.75, 3.05) is 18.5 Å². The number of carbonyl (C=O) groups is 1. The molecule has 2 rings (SSSR count). The normalized spacial score (nSPS) is 10.3. The predicted molar refractivity (Wildman–Crippen MR) is 89.9 cm³/mol. The molecule has 0 spiro atoms. The molecule has 5 heteroatoms. The van der Waals surface area contributed by atoms with E-state index in [1.807, 2.05) is 42.5 Å². The molecular formula is C18H22N2O3. The first-order valence-corrected chi connectivity index (χ1v) is 7.82. The van der Waals surface area contributed by atoms with Gasteiger partial charge in [-0.05, 0) is 49.1 Å². The largest absolute Gasteiger partial charge is 0.494 e. The van der Waals surface area contributed by atoms with Crippen LogP contribution in [0.25, 0.3) is 0 Å². The van der Waals surface area contributed by atoms with Crippen LogP contribution in [0, 0.1) is 0 Å². The van der Waals surface area contributed by atoms with Gasteiger partial charge in [0.05, 0.1) is 6.61 Å². The minimum absolute atomic E-state index is 0.142. The number of benzene rings is 1. The van der Waals surface area contributed by atoms with Crippen LogP contribution < -0.4 is 10.1 Å². The molecule has 0 atom stereocenters. The molecule has 1 aromatic heterocycles. The van der Waals surface area contributed by atoms with Gasteiger partial charge in [-0.1, -0.05) is 18.2 Å². The summed E-state index contributed by atoms with van der Waals surface area (Å²) in [6, 6.07) is 13.4. The van der Waals surface area contributed by atoms with Crippen molar-refractivity contribution >= 4 is 11.8 Å². The monoisotopic (exact) mass is 314 g/mol. The highest BCUT2D eigenvalue weighted by Gasteiger charge is 2.01. The van der Waals surface area contributed by atoms with Crippen LogP contribution in [0.5, 0.6) is 5.75 Å². The maximum absolute atomic E-state index is 10.6. The minimum atomic E-state index is -0.781. The smallest absolute Gasteiger partial charge is 0.303 e. The van der Waals surface area contributed by atoms with Gasteiger partial charge in [0.15, 0.2) is 0 Å². The zero-order chi connectivity index (χ0) is 16.3. The van der Waals surface area contributed by atoms with Crippen molar-refractivity contribution in [2.45, 2.75) is 25.7 Å². The fourth-order valence-corrected chi connectivity index (χ4v) is 2.14. The Morgan fingerprint density at radius 1 is 1.17 bits per heavy atom. The van der Waals surface area contributed by atoms with Crippen molar-refractivity contribution in [3.63, 3.8) is 0 Å². The molecule has 2 aromatic rings. The first-order valence-electron chi connectivity index (χ1n) is 7.82. The Morgan fingerprint density at radius 3 is 2.87 bits per heavy atom. The Hall–Kier alpha value is -2.56. The molecule has 0 unspecified atom stereocenters. The Kier molecular flexibility index (Phi) is 6.91.